The standard InChI is InChI=1S/C17H26N2OSi/c1-11-9-13-14(10-12(11)2)19(6)16(20)15(18-13)21(7,8)17(3,4)5/h9-10H,1-8H3. The lowest BCUT2D eigenvalue weighted by Crippen LogP contribution is -2.59. The van der Waals surface area contributed by atoms with Crippen LogP contribution in [0.5, 0.6) is 0 Å². The van der Waals surface area contributed by atoms with Gasteiger partial charge in [-0.15, -0.1) is 0 Å². The smallest absolute Gasteiger partial charge is 0.267 e. The maximum absolute atomic E-state index is 12.8. The SMILES string of the molecule is Cc1cc2nc([Si](C)(C)C(C)(C)C)c(=O)n(C)c2cc1C. The molecule has 0 atom stereocenters. The highest BCUT2D eigenvalue weighted by Crippen LogP contribution is 2.34. The molecule has 0 unspecified atom stereocenters. The quantitative estimate of drug-likeness (QED) is 0.758. The van der Waals surface area contributed by atoms with Gasteiger partial charge < -0.3 is 4.57 Å². The van der Waals surface area contributed by atoms with Gasteiger partial charge in [-0.1, -0.05) is 33.9 Å². The van der Waals surface area contributed by atoms with Crippen molar-refractivity contribution < 1.29 is 0 Å². The molecular weight excluding hydrogens is 276 g/mol. The second-order valence-corrected chi connectivity index (χ2v) is 12.8. The van der Waals surface area contributed by atoms with E-state index in [9.17, 15) is 4.79 Å². The third-order valence-electron chi connectivity index (χ3n) is 5.16. The van der Waals surface area contributed by atoms with Crippen molar-refractivity contribution in [2.45, 2.75) is 52.8 Å². The summed E-state index contributed by atoms with van der Waals surface area (Å²) in [7, 11) is -0.0907. The number of benzene rings is 1. The Hall–Kier alpha value is -1.42. The lowest BCUT2D eigenvalue weighted by atomic mass is 10.1. The second-order valence-electron chi connectivity index (χ2n) is 7.62. The highest BCUT2D eigenvalue weighted by molar-refractivity contribution is 6.91. The van der Waals surface area contributed by atoms with Crippen molar-refractivity contribution >= 4 is 24.4 Å². The van der Waals surface area contributed by atoms with E-state index in [2.05, 4.69) is 59.8 Å². The zero-order valence-corrected chi connectivity index (χ0v) is 15.5. The summed E-state index contributed by atoms with van der Waals surface area (Å²) >= 11 is 0. The first kappa shape index (κ1) is 16.0. The van der Waals surface area contributed by atoms with E-state index in [0.717, 1.165) is 16.4 Å². The molecule has 0 aliphatic carbocycles. The molecule has 0 aliphatic rings. The van der Waals surface area contributed by atoms with Crippen LogP contribution in [0.4, 0.5) is 0 Å². The van der Waals surface area contributed by atoms with Gasteiger partial charge in [-0.2, -0.15) is 0 Å². The molecule has 3 nitrogen and oxygen atoms in total. The van der Waals surface area contributed by atoms with E-state index >= 15 is 0 Å². The molecule has 1 aromatic heterocycles. The first-order chi connectivity index (χ1) is 9.46. The molecule has 0 saturated carbocycles. The number of aryl methyl sites for hydroxylation is 3. The van der Waals surface area contributed by atoms with Gasteiger partial charge in [-0.05, 0) is 42.1 Å². The molecule has 0 amide bonds. The molecule has 1 aromatic carbocycles. The summed E-state index contributed by atoms with van der Waals surface area (Å²) in [6, 6.07) is 4.16. The van der Waals surface area contributed by atoms with Gasteiger partial charge in [0, 0.05) is 7.05 Å². The summed E-state index contributed by atoms with van der Waals surface area (Å²) in [5.41, 5.74) is 4.33. The molecule has 0 fully saturated rings. The average Bonchev–Trinajstić information content (AvgIpc) is 2.35. The van der Waals surface area contributed by atoms with E-state index in [4.69, 9.17) is 4.98 Å². The minimum absolute atomic E-state index is 0.0670. The summed E-state index contributed by atoms with van der Waals surface area (Å²) in [5.74, 6) is 0. The molecular formula is C17H26N2OSi. The van der Waals surface area contributed by atoms with Gasteiger partial charge in [0.15, 0.2) is 0 Å². The second kappa shape index (κ2) is 4.80. The van der Waals surface area contributed by atoms with E-state index in [1.807, 2.05) is 7.05 Å². The summed E-state index contributed by atoms with van der Waals surface area (Å²) in [6.07, 6.45) is 0. The third-order valence-corrected chi connectivity index (χ3v) is 10.4. The molecule has 1 heterocycles. The lowest BCUT2D eigenvalue weighted by molar-refractivity contribution is 0.726. The molecule has 2 rings (SSSR count). The Kier molecular flexibility index (Phi) is 3.65. The van der Waals surface area contributed by atoms with Gasteiger partial charge in [0.2, 0.25) is 0 Å². The first-order valence-electron chi connectivity index (χ1n) is 7.45. The monoisotopic (exact) mass is 302 g/mol. The number of hydrogen-bond donors (Lipinski definition) is 0. The van der Waals surface area contributed by atoms with Gasteiger partial charge in [0.05, 0.1) is 16.4 Å². The number of fused-ring (bicyclic) bond motifs is 1. The Morgan fingerprint density at radius 1 is 1.10 bits per heavy atom. The van der Waals surface area contributed by atoms with Crippen LogP contribution >= 0.6 is 0 Å². The number of aromatic nitrogens is 2. The molecule has 2 aromatic rings. The number of hydrogen-bond acceptors (Lipinski definition) is 2. The van der Waals surface area contributed by atoms with Crippen molar-refractivity contribution in [3.8, 4) is 0 Å². The largest absolute Gasteiger partial charge is 0.309 e. The highest BCUT2D eigenvalue weighted by atomic mass is 28.3. The summed E-state index contributed by atoms with van der Waals surface area (Å²) < 4.78 is 1.77. The molecule has 0 N–H and O–H groups in total. The third kappa shape index (κ3) is 2.46. The predicted molar refractivity (Wildman–Crippen MR) is 93.3 cm³/mol. The summed E-state index contributed by atoms with van der Waals surface area (Å²) in [5, 5.41) is 0.882. The molecule has 0 saturated heterocycles. The van der Waals surface area contributed by atoms with E-state index in [0.29, 0.717) is 0 Å². The Balaban J connectivity index is 2.88. The van der Waals surface area contributed by atoms with Crippen LogP contribution in [0.1, 0.15) is 31.9 Å². The zero-order valence-electron chi connectivity index (χ0n) is 14.5. The molecule has 0 radical (unpaired) electrons. The van der Waals surface area contributed by atoms with Crippen molar-refractivity contribution in [1.29, 1.82) is 0 Å². The van der Waals surface area contributed by atoms with Crippen LogP contribution in [0.25, 0.3) is 11.0 Å². The van der Waals surface area contributed by atoms with Crippen LogP contribution in [0.3, 0.4) is 0 Å². The van der Waals surface area contributed by atoms with Crippen molar-refractivity contribution in [1.82, 2.24) is 9.55 Å². The fourth-order valence-electron chi connectivity index (χ4n) is 2.34. The number of rotatable bonds is 1. The average molecular weight is 302 g/mol. The molecule has 21 heavy (non-hydrogen) atoms. The predicted octanol–water partition coefficient (Wildman–Crippen LogP) is 3.27. The van der Waals surface area contributed by atoms with E-state index in [1.54, 1.807) is 4.57 Å². The van der Waals surface area contributed by atoms with Crippen molar-refractivity contribution in [3.63, 3.8) is 0 Å². The van der Waals surface area contributed by atoms with Crippen LogP contribution in [-0.2, 0) is 7.05 Å². The van der Waals surface area contributed by atoms with Crippen LogP contribution in [0.15, 0.2) is 16.9 Å². The Bertz CT molecular complexity index is 767. The van der Waals surface area contributed by atoms with E-state index < -0.39 is 8.07 Å². The van der Waals surface area contributed by atoms with Crippen molar-refractivity contribution in [2.75, 3.05) is 0 Å². The van der Waals surface area contributed by atoms with Crippen LogP contribution in [-0.4, -0.2) is 17.6 Å². The fraction of sp³-hybridized carbons (Fsp3) is 0.529. The first-order valence-corrected chi connectivity index (χ1v) is 10.5. The van der Waals surface area contributed by atoms with Gasteiger partial charge in [-0.25, -0.2) is 0 Å². The van der Waals surface area contributed by atoms with Gasteiger partial charge in [0.1, 0.15) is 8.07 Å². The van der Waals surface area contributed by atoms with Crippen LogP contribution in [0.2, 0.25) is 18.1 Å². The Morgan fingerprint density at radius 2 is 1.62 bits per heavy atom. The maximum Gasteiger partial charge on any atom is 0.267 e. The van der Waals surface area contributed by atoms with Crippen molar-refractivity contribution in [3.05, 3.63) is 33.6 Å². The summed E-state index contributed by atoms with van der Waals surface area (Å²) in [4.78, 5) is 17.6. The van der Waals surface area contributed by atoms with Crippen LogP contribution < -0.4 is 10.9 Å². The fourth-order valence-corrected chi connectivity index (χ4v) is 4.16. The van der Waals surface area contributed by atoms with Crippen LogP contribution in [0, 0.1) is 13.8 Å². The topological polar surface area (TPSA) is 34.9 Å². The molecule has 114 valence electrons. The number of nitrogens with zero attached hydrogens (tertiary/aromatic N) is 2. The Labute approximate surface area is 128 Å². The zero-order chi connectivity index (χ0) is 16.2. The minimum Gasteiger partial charge on any atom is -0.309 e. The van der Waals surface area contributed by atoms with Gasteiger partial charge >= 0.3 is 0 Å². The van der Waals surface area contributed by atoms with E-state index in [1.165, 1.54) is 11.1 Å². The molecule has 0 spiro atoms. The molecule has 4 heteroatoms. The van der Waals surface area contributed by atoms with Gasteiger partial charge in [-0.3, -0.25) is 9.78 Å². The molecule has 0 aliphatic heterocycles. The lowest BCUT2D eigenvalue weighted by Gasteiger charge is -2.35. The summed E-state index contributed by atoms with van der Waals surface area (Å²) in [6.45, 7) is 15.3. The highest BCUT2D eigenvalue weighted by Gasteiger charge is 2.40. The van der Waals surface area contributed by atoms with Crippen molar-refractivity contribution in [2.24, 2.45) is 7.05 Å². The normalized spacial score (nSPS) is 13.0. The maximum atomic E-state index is 12.8. The molecule has 0 bridgehead atoms. The minimum atomic E-state index is -1.95. The van der Waals surface area contributed by atoms with E-state index in [-0.39, 0.29) is 10.6 Å². The Morgan fingerprint density at radius 3 is 2.14 bits per heavy atom. The van der Waals surface area contributed by atoms with Gasteiger partial charge in [0.25, 0.3) is 5.56 Å².